The lowest BCUT2D eigenvalue weighted by atomic mass is 9.46. The molecule has 0 saturated heterocycles. The predicted octanol–water partition coefficient (Wildman–Crippen LogP) is 2.99. The standard InChI is InChI=1S/C24H34O5/c1-14(2)29-13-20(27)24(28)10-8-18-17-6-5-15-11-16(25)7-9-22(15,3)21(17)19(26)12-23(18,24)4/h7,9,11,14,17-18,20-21,27-28H,5-6,8,10,12-13H2,1-4H3/t17-,18-,20?,21+,22-,23-,24-/m0/s1. The molecule has 0 aromatic heterocycles. The summed E-state index contributed by atoms with van der Waals surface area (Å²) >= 11 is 0. The van der Waals surface area contributed by atoms with Crippen molar-refractivity contribution >= 4 is 11.6 Å². The van der Waals surface area contributed by atoms with Crippen LogP contribution in [0.4, 0.5) is 0 Å². The van der Waals surface area contributed by atoms with E-state index in [1.165, 1.54) is 0 Å². The molecule has 5 heteroatoms. The summed E-state index contributed by atoms with van der Waals surface area (Å²) in [4.78, 5) is 25.4. The first-order valence-electron chi connectivity index (χ1n) is 11.0. The largest absolute Gasteiger partial charge is 0.388 e. The number of aliphatic hydroxyl groups excluding tert-OH is 1. The highest BCUT2D eigenvalue weighted by Crippen LogP contribution is 2.66. The Balaban J connectivity index is 1.66. The lowest BCUT2D eigenvalue weighted by molar-refractivity contribution is -0.191. The third-order valence-corrected chi connectivity index (χ3v) is 8.61. The van der Waals surface area contributed by atoms with E-state index in [0.29, 0.717) is 6.42 Å². The lowest BCUT2D eigenvalue weighted by Crippen LogP contribution is -2.61. The fourth-order valence-electron chi connectivity index (χ4n) is 7.03. The number of Topliss-reactive ketones (excluding diaryl/α,β-unsaturated/α-hetero) is 1. The van der Waals surface area contributed by atoms with Gasteiger partial charge in [0.2, 0.25) is 0 Å². The summed E-state index contributed by atoms with van der Waals surface area (Å²) in [5, 5.41) is 22.5. The summed E-state index contributed by atoms with van der Waals surface area (Å²) in [6, 6.07) is 0. The van der Waals surface area contributed by atoms with Crippen LogP contribution in [0.25, 0.3) is 0 Å². The van der Waals surface area contributed by atoms with Crippen molar-refractivity contribution in [1.82, 2.24) is 0 Å². The van der Waals surface area contributed by atoms with Gasteiger partial charge in [0.1, 0.15) is 11.9 Å². The van der Waals surface area contributed by atoms with Crippen LogP contribution in [0.15, 0.2) is 23.8 Å². The van der Waals surface area contributed by atoms with Crippen molar-refractivity contribution in [2.75, 3.05) is 6.61 Å². The SMILES string of the molecule is CC(C)OCC(O)[C@@]1(O)CC[C@H]2[C@@H]3CCC4=CC(=O)C=C[C@]4(C)[C@H]3C(=O)C[C@@]21C. The molecule has 0 spiro atoms. The highest BCUT2D eigenvalue weighted by Gasteiger charge is 2.67. The number of ether oxygens (including phenoxy) is 1. The summed E-state index contributed by atoms with van der Waals surface area (Å²) in [7, 11) is 0. The van der Waals surface area contributed by atoms with Gasteiger partial charge in [0.05, 0.1) is 18.3 Å². The average molecular weight is 403 g/mol. The van der Waals surface area contributed by atoms with Crippen LogP contribution in [-0.2, 0) is 14.3 Å². The fraction of sp³-hybridized carbons (Fsp3) is 0.750. The zero-order chi connectivity index (χ0) is 21.2. The van der Waals surface area contributed by atoms with E-state index in [-0.39, 0.29) is 48.5 Å². The van der Waals surface area contributed by atoms with E-state index in [1.807, 2.05) is 26.8 Å². The molecule has 160 valence electrons. The number of hydrogen-bond donors (Lipinski definition) is 2. The molecule has 0 heterocycles. The van der Waals surface area contributed by atoms with Crippen LogP contribution in [0.5, 0.6) is 0 Å². The van der Waals surface area contributed by atoms with E-state index in [1.54, 1.807) is 12.2 Å². The fourth-order valence-corrected chi connectivity index (χ4v) is 7.03. The van der Waals surface area contributed by atoms with Crippen LogP contribution in [0.1, 0.15) is 59.8 Å². The molecule has 0 bridgehead atoms. The monoisotopic (exact) mass is 402 g/mol. The third kappa shape index (κ3) is 2.92. The van der Waals surface area contributed by atoms with Crippen LogP contribution in [0, 0.1) is 28.6 Å². The molecule has 0 aromatic carbocycles. The maximum absolute atomic E-state index is 13.5. The molecular formula is C24H34O5. The van der Waals surface area contributed by atoms with Gasteiger partial charge in [-0.05, 0) is 63.5 Å². The van der Waals surface area contributed by atoms with Crippen molar-refractivity contribution in [2.24, 2.45) is 28.6 Å². The summed E-state index contributed by atoms with van der Waals surface area (Å²) < 4.78 is 5.59. The van der Waals surface area contributed by atoms with Crippen molar-refractivity contribution in [3.8, 4) is 0 Å². The van der Waals surface area contributed by atoms with E-state index >= 15 is 0 Å². The second-order valence-electron chi connectivity index (χ2n) is 10.4. The predicted molar refractivity (Wildman–Crippen MR) is 109 cm³/mol. The zero-order valence-electron chi connectivity index (χ0n) is 18.0. The van der Waals surface area contributed by atoms with Crippen molar-refractivity contribution in [2.45, 2.75) is 77.6 Å². The molecule has 0 aromatic rings. The van der Waals surface area contributed by atoms with Gasteiger partial charge in [0.15, 0.2) is 5.78 Å². The lowest BCUT2D eigenvalue weighted by Gasteiger charge is -2.57. The van der Waals surface area contributed by atoms with Crippen LogP contribution in [-0.4, -0.2) is 46.2 Å². The number of fused-ring (bicyclic) bond motifs is 5. The molecule has 4 rings (SSSR count). The number of hydrogen-bond acceptors (Lipinski definition) is 5. The molecule has 3 fully saturated rings. The van der Waals surface area contributed by atoms with Crippen molar-refractivity contribution < 1.29 is 24.5 Å². The van der Waals surface area contributed by atoms with Gasteiger partial charge in [-0.3, -0.25) is 9.59 Å². The highest BCUT2D eigenvalue weighted by atomic mass is 16.5. The van der Waals surface area contributed by atoms with Crippen LogP contribution < -0.4 is 0 Å². The molecule has 1 unspecified atom stereocenters. The molecule has 4 aliphatic rings. The maximum Gasteiger partial charge on any atom is 0.178 e. The van der Waals surface area contributed by atoms with Crippen LogP contribution in [0.2, 0.25) is 0 Å². The average Bonchev–Trinajstić information content (AvgIpc) is 2.91. The van der Waals surface area contributed by atoms with Crippen LogP contribution in [0.3, 0.4) is 0 Å². The Labute approximate surface area is 173 Å². The first-order valence-corrected chi connectivity index (χ1v) is 11.0. The Kier molecular flexibility index (Phi) is 4.96. The molecule has 0 aliphatic heterocycles. The molecule has 4 aliphatic carbocycles. The van der Waals surface area contributed by atoms with Crippen LogP contribution >= 0.6 is 0 Å². The van der Waals surface area contributed by atoms with E-state index in [0.717, 1.165) is 24.8 Å². The van der Waals surface area contributed by atoms with Crippen molar-refractivity contribution in [1.29, 1.82) is 0 Å². The van der Waals surface area contributed by atoms with Gasteiger partial charge in [-0.1, -0.05) is 25.5 Å². The smallest absolute Gasteiger partial charge is 0.178 e. The number of aliphatic hydroxyl groups is 2. The summed E-state index contributed by atoms with van der Waals surface area (Å²) in [6.45, 7) is 7.97. The molecule has 5 nitrogen and oxygen atoms in total. The maximum atomic E-state index is 13.5. The number of ketones is 2. The molecular weight excluding hydrogens is 368 g/mol. The second kappa shape index (κ2) is 6.86. The first-order chi connectivity index (χ1) is 13.5. The molecule has 2 N–H and O–H groups in total. The van der Waals surface area contributed by atoms with Gasteiger partial charge < -0.3 is 14.9 Å². The van der Waals surface area contributed by atoms with E-state index in [2.05, 4.69) is 6.92 Å². The topological polar surface area (TPSA) is 83.8 Å². The Morgan fingerprint density at radius 2 is 1.97 bits per heavy atom. The molecule has 3 saturated carbocycles. The quantitative estimate of drug-likeness (QED) is 0.755. The molecule has 0 amide bonds. The Morgan fingerprint density at radius 1 is 1.24 bits per heavy atom. The van der Waals surface area contributed by atoms with Gasteiger partial charge in [0.25, 0.3) is 0 Å². The minimum atomic E-state index is -1.32. The van der Waals surface area contributed by atoms with E-state index in [4.69, 9.17) is 4.74 Å². The van der Waals surface area contributed by atoms with Crippen molar-refractivity contribution in [3.05, 3.63) is 23.8 Å². The van der Waals surface area contributed by atoms with E-state index in [9.17, 15) is 19.8 Å². The molecule has 0 radical (unpaired) electrons. The molecule has 7 atom stereocenters. The highest BCUT2D eigenvalue weighted by molar-refractivity contribution is 6.01. The van der Waals surface area contributed by atoms with Gasteiger partial charge in [-0.2, -0.15) is 0 Å². The number of rotatable bonds is 4. The number of carbonyl (C=O) groups excluding carboxylic acids is 2. The Morgan fingerprint density at radius 3 is 2.66 bits per heavy atom. The summed E-state index contributed by atoms with van der Waals surface area (Å²) in [5.41, 5.74) is -1.31. The molecule has 29 heavy (non-hydrogen) atoms. The van der Waals surface area contributed by atoms with Gasteiger partial charge in [-0.15, -0.1) is 0 Å². The Bertz CT molecular complexity index is 782. The van der Waals surface area contributed by atoms with Gasteiger partial charge in [0, 0.05) is 23.2 Å². The number of allylic oxidation sites excluding steroid dienone is 4. The second-order valence-corrected chi connectivity index (χ2v) is 10.4. The minimum Gasteiger partial charge on any atom is -0.388 e. The van der Waals surface area contributed by atoms with Gasteiger partial charge >= 0.3 is 0 Å². The third-order valence-electron chi connectivity index (χ3n) is 8.61. The summed E-state index contributed by atoms with van der Waals surface area (Å²) in [6.07, 6.45) is 7.44. The summed E-state index contributed by atoms with van der Waals surface area (Å²) in [5.74, 6) is 0.337. The first kappa shape index (κ1) is 21.0. The zero-order valence-corrected chi connectivity index (χ0v) is 18.0. The Hall–Kier alpha value is -1.30. The van der Waals surface area contributed by atoms with Gasteiger partial charge in [-0.25, -0.2) is 0 Å². The van der Waals surface area contributed by atoms with Crippen molar-refractivity contribution in [3.63, 3.8) is 0 Å². The minimum absolute atomic E-state index is 0.00698. The normalized spacial score (nSPS) is 44.9. The van der Waals surface area contributed by atoms with E-state index < -0.39 is 22.5 Å². The number of carbonyl (C=O) groups is 2.